The van der Waals surface area contributed by atoms with Crippen molar-refractivity contribution in [3.8, 4) is 0 Å². The minimum atomic E-state index is -4.23. The molecule has 0 heterocycles. The molecule has 0 aliphatic heterocycles. The Balaban J connectivity index is 3.28. The van der Waals surface area contributed by atoms with Crippen LogP contribution in [0.3, 0.4) is 0 Å². The second kappa shape index (κ2) is 6.18. The Morgan fingerprint density at radius 1 is 1.26 bits per heavy atom. The Labute approximate surface area is 108 Å². The molecule has 19 heavy (non-hydrogen) atoms. The Kier molecular flexibility index (Phi) is 5.10. The van der Waals surface area contributed by atoms with Gasteiger partial charge in [0.1, 0.15) is 0 Å². The van der Waals surface area contributed by atoms with Crippen LogP contribution in [0, 0.1) is 17.5 Å². The lowest BCUT2D eigenvalue weighted by Crippen LogP contribution is -2.34. The predicted molar refractivity (Wildman–Crippen MR) is 62.4 cm³/mol. The van der Waals surface area contributed by atoms with Gasteiger partial charge in [0.15, 0.2) is 17.5 Å². The van der Waals surface area contributed by atoms with Crippen LogP contribution in [0.2, 0.25) is 0 Å². The smallest absolute Gasteiger partial charge is 0.243 e. The predicted octanol–water partition coefficient (Wildman–Crippen LogP) is 1.27. The van der Waals surface area contributed by atoms with E-state index in [-0.39, 0.29) is 13.1 Å². The molecule has 0 unspecified atom stereocenters. The fourth-order valence-corrected chi connectivity index (χ4v) is 2.82. The fourth-order valence-electron chi connectivity index (χ4n) is 1.40. The first-order valence-electron chi connectivity index (χ1n) is 5.21. The van der Waals surface area contributed by atoms with E-state index in [2.05, 4.69) is 6.58 Å². The Bertz CT molecular complexity index is 552. The number of hydrogen-bond acceptors (Lipinski definition) is 3. The standard InChI is InChI=1S/C11H12F3NO3S/c1-2-3-15(4-5-16)19(17,18)8-6-9(12)11(14)10(13)7-8/h2,6-7,16H,1,3-5H2. The number of nitrogens with zero attached hydrogens (tertiary/aromatic N) is 1. The van der Waals surface area contributed by atoms with Gasteiger partial charge in [0.25, 0.3) is 0 Å². The third-order valence-corrected chi connectivity index (χ3v) is 4.12. The zero-order chi connectivity index (χ0) is 14.6. The lowest BCUT2D eigenvalue weighted by atomic mass is 10.3. The number of rotatable bonds is 6. The minimum absolute atomic E-state index is 0.149. The first kappa shape index (κ1) is 15.7. The van der Waals surface area contributed by atoms with Crippen LogP contribution < -0.4 is 0 Å². The Morgan fingerprint density at radius 2 is 1.79 bits per heavy atom. The van der Waals surface area contributed by atoms with Gasteiger partial charge in [-0.3, -0.25) is 0 Å². The molecule has 0 aliphatic carbocycles. The highest BCUT2D eigenvalue weighted by Crippen LogP contribution is 2.20. The molecule has 4 nitrogen and oxygen atoms in total. The number of benzene rings is 1. The van der Waals surface area contributed by atoms with E-state index in [9.17, 15) is 21.6 Å². The molecule has 0 amide bonds. The molecule has 1 aromatic rings. The number of sulfonamides is 1. The Hall–Kier alpha value is -1.38. The van der Waals surface area contributed by atoms with E-state index in [0.717, 1.165) is 4.31 Å². The molecular formula is C11H12F3NO3S. The zero-order valence-electron chi connectivity index (χ0n) is 9.81. The quantitative estimate of drug-likeness (QED) is 0.635. The first-order chi connectivity index (χ1) is 8.84. The molecule has 0 atom stereocenters. The first-order valence-corrected chi connectivity index (χ1v) is 6.65. The lowest BCUT2D eigenvalue weighted by Gasteiger charge is -2.19. The molecule has 8 heteroatoms. The number of aliphatic hydroxyl groups is 1. The van der Waals surface area contributed by atoms with Crippen molar-refractivity contribution in [3.63, 3.8) is 0 Å². The topological polar surface area (TPSA) is 57.6 Å². The third-order valence-electron chi connectivity index (χ3n) is 2.28. The van der Waals surface area contributed by atoms with Gasteiger partial charge in [-0.05, 0) is 12.1 Å². The van der Waals surface area contributed by atoms with E-state index in [0.29, 0.717) is 12.1 Å². The van der Waals surface area contributed by atoms with Gasteiger partial charge in [0.2, 0.25) is 10.0 Å². The highest BCUT2D eigenvalue weighted by atomic mass is 32.2. The maximum absolute atomic E-state index is 13.0. The summed E-state index contributed by atoms with van der Waals surface area (Å²) in [6, 6.07) is 0.780. The fraction of sp³-hybridized carbons (Fsp3) is 0.273. The van der Waals surface area contributed by atoms with Crippen LogP contribution >= 0.6 is 0 Å². The molecule has 0 aliphatic rings. The van der Waals surface area contributed by atoms with Gasteiger partial charge in [-0.2, -0.15) is 4.31 Å². The van der Waals surface area contributed by atoms with Crippen molar-refractivity contribution < 1.29 is 26.7 Å². The van der Waals surface area contributed by atoms with Crippen LogP contribution in [0.25, 0.3) is 0 Å². The highest BCUT2D eigenvalue weighted by Gasteiger charge is 2.26. The summed E-state index contributed by atoms with van der Waals surface area (Å²) in [5.74, 6) is -4.93. The van der Waals surface area contributed by atoms with Crippen molar-refractivity contribution in [2.45, 2.75) is 4.90 Å². The molecule has 0 spiro atoms. The molecule has 106 valence electrons. The van der Waals surface area contributed by atoms with Gasteiger partial charge >= 0.3 is 0 Å². The molecule has 1 aromatic carbocycles. The average molecular weight is 295 g/mol. The van der Waals surface area contributed by atoms with Gasteiger partial charge in [0, 0.05) is 13.1 Å². The molecule has 0 bridgehead atoms. The van der Waals surface area contributed by atoms with Crippen molar-refractivity contribution in [1.29, 1.82) is 0 Å². The molecule has 0 aromatic heterocycles. The van der Waals surface area contributed by atoms with Crippen LogP contribution in [0.4, 0.5) is 13.2 Å². The van der Waals surface area contributed by atoms with Crippen molar-refractivity contribution >= 4 is 10.0 Å². The summed E-state index contributed by atoms with van der Waals surface area (Å²) in [6.45, 7) is 2.45. The molecule has 0 saturated heterocycles. The van der Waals surface area contributed by atoms with Gasteiger partial charge in [-0.1, -0.05) is 6.08 Å². The third kappa shape index (κ3) is 3.34. The number of aliphatic hydroxyl groups excluding tert-OH is 1. The molecule has 1 N–H and O–H groups in total. The van der Waals surface area contributed by atoms with E-state index in [1.807, 2.05) is 0 Å². The van der Waals surface area contributed by atoms with Crippen molar-refractivity contribution in [3.05, 3.63) is 42.2 Å². The van der Waals surface area contributed by atoms with Gasteiger partial charge in [0.05, 0.1) is 11.5 Å². The lowest BCUT2D eigenvalue weighted by molar-refractivity contribution is 0.260. The largest absolute Gasteiger partial charge is 0.395 e. The molecule has 0 saturated carbocycles. The molecule has 0 fully saturated rings. The van der Waals surface area contributed by atoms with E-state index >= 15 is 0 Å². The highest BCUT2D eigenvalue weighted by molar-refractivity contribution is 7.89. The van der Waals surface area contributed by atoms with E-state index in [4.69, 9.17) is 5.11 Å². The van der Waals surface area contributed by atoms with Crippen LogP contribution in [0.1, 0.15) is 0 Å². The van der Waals surface area contributed by atoms with Crippen molar-refractivity contribution in [2.24, 2.45) is 0 Å². The second-order valence-corrected chi connectivity index (χ2v) is 5.51. The second-order valence-electron chi connectivity index (χ2n) is 3.58. The van der Waals surface area contributed by atoms with Gasteiger partial charge in [-0.15, -0.1) is 6.58 Å². The number of hydrogen-bond donors (Lipinski definition) is 1. The monoisotopic (exact) mass is 295 g/mol. The summed E-state index contributed by atoms with van der Waals surface area (Å²) in [5.41, 5.74) is 0. The van der Waals surface area contributed by atoms with Crippen LogP contribution in [0.5, 0.6) is 0 Å². The van der Waals surface area contributed by atoms with Gasteiger partial charge in [-0.25, -0.2) is 21.6 Å². The zero-order valence-corrected chi connectivity index (χ0v) is 10.6. The summed E-state index contributed by atoms with van der Waals surface area (Å²) in [4.78, 5) is -0.723. The van der Waals surface area contributed by atoms with Crippen LogP contribution in [0.15, 0.2) is 29.7 Å². The summed E-state index contributed by atoms with van der Waals surface area (Å²) >= 11 is 0. The van der Waals surface area contributed by atoms with Gasteiger partial charge < -0.3 is 5.11 Å². The maximum atomic E-state index is 13.0. The van der Waals surface area contributed by atoms with E-state index < -0.39 is 39.0 Å². The van der Waals surface area contributed by atoms with Crippen LogP contribution in [-0.4, -0.2) is 37.5 Å². The van der Waals surface area contributed by atoms with Crippen molar-refractivity contribution in [2.75, 3.05) is 19.7 Å². The SMILES string of the molecule is C=CCN(CCO)S(=O)(=O)c1cc(F)c(F)c(F)c1. The maximum Gasteiger partial charge on any atom is 0.243 e. The summed E-state index contributed by atoms with van der Waals surface area (Å²) < 4.78 is 63.7. The normalized spacial score (nSPS) is 11.8. The Morgan fingerprint density at radius 3 is 2.21 bits per heavy atom. The molecular weight excluding hydrogens is 283 g/mol. The van der Waals surface area contributed by atoms with E-state index in [1.54, 1.807) is 0 Å². The summed E-state index contributed by atoms with van der Waals surface area (Å²) in [6.07, 6.45) is 1.25. The van der Waals surface area contributed by atoms with Crippen molar-refractivity contribution in [1.82, 2.24) is 4.31 Å². The number of halogens is 3. The minimum Gasteiger partial charge on any atom is -0.395 e. The summed E-state index contributed by atoms with van der Waals surface area (Å²) in [5, 5.41) is 8.78. The summed E-state index contributed by atoms with van der Waals surface area (Å²) in [7, 11) is -4.23. The van der Waals surface area contributed by atoms with E-state index in [1.165, 1.54) is 6.08 Å². The molecule has 1 rings (SSSR count). The molecule has 0 radical (unpaired) electrons. The van der Waals surface area contributed by atoms with Crippen LogP contribution in [-0.2, 0) is 10.0 Å². The average Bonchev–Trinajstić information content (AvgIpc) is 2.35.